The highest BCUT2D eigenvalue weighted by Crippen LogP contribution is 2.21. The van der Waals surface area contributed by atoms with Crippen LogP contribution >= 0.6 is 0 Å². The molecule has 3 aromatic rings. The fourth-order valence-corrected chi connectivity index (χ4v) is 3.91. The summed E-state index contributed by atoms with van der Waals surface area (Å²) in [5.41, 5.74) is 2.49. The second kappa shape index (κ2) is 11.2. The van der Waals surface area contributed by atoms with E-state index in [2.05, 4.69) is 14.8 Å². The number of ether oxygens (including phenoxy) is 2. The topological polar surface area (TPSA) is 88.9 Å². The number of amides is 2. The predicted octanol–water partition coefficient (Wildman–Crippen LogP) is -0.732. The molecule has 2 aromatic carbocycles. The lowest BCUT2D eigenvalue weighted by Gasteiger charge is -2.33. The van der Waals surface area contributed by atoms with Gasteiger partial charge in [0.1, 0.15) is 17.3 Å². The number of nitrogens with one attached hydrogen (secondary N) is 1. The van der Waals surface area contributed by atoms with E-state index in [0.29, 0.717) is 18.0 Å². The number of carbonyl (C=O) groups is 2. The summed E-state index contributed by atoms with van der Waals surface area (Å²) in [4.78, 5) is 32.8. The first-order valence-corrected chi connectivity index (χ1v) is 10.9. The molecule has 1 aliphatic rings. The number of fused-ring (bicyclic) bond motifs is 1. The van der Waals surface area contributed by atoms with Crippen molar-refractivity contribution in [2.45, 2.75) is 13.5 Å². The fourth-order valence-electron chi connectivity index (χ4n) is 3.91. The molecule has 34 heavy (non-hydrogen) atoms. The van der Waals surface area contributed by atoms with Crippen LogP contribution in [0.4, 0.5) is 5.69 Å². The van der Waals surface area contributed by atoms with E-state index in [0.717, 1.165) is 48.8 Å². The second-order valence-corrected chi connectivity index (χ2v) is 8.09. The molecule has 0 saturated carbocycles. The van der Waals surface area contributed by atoms with E-state index in [-0.39, 0.29) is 30.8 Å². The summed E-state index contributed by atoms with van der Waals surface area (Å²) in [6.45, 7) is 5.39. The van der Waals surface area contributed by atoms with Gasteiger partial charge < -0.3 is 36.7 Å². The number of anilines is 1. The van der Waals surface area contributed by atoms with Crippen LogP contribution in [0.25, 0.3) is 11.0 Å². The van der Waals surface area contributed by atoms with Crippen LogP contribution in [-0.2, 0) is 23.2 Å². The highest BCUT2D eigenvalue weighted by Gasteiger charge is 2.20. The van der Waals surface area contributed by atoms with Gasteiger partial charge in [0, 0.05) is 45.8 Å². The lowest BCUT2D eigenvalue weighted by atomic mass is 10.2. The molecule has 0 unspecified atom stereocenters. The number of nitrogens with zero attached hydrogens (tertiary/aromatic N) is 4. The van der Waals surface area contributed by atoms with Gasteiger partial charge in [-0.1, -0.05) is 0 Å². The number of rotatable bonds is 7. The van der Waals surface area contributed by atoms with E-state index in [1.807, 2.05) is 30.1 Å². The number of hydrogen-bond acceptors (Lipinski definition) is 6. The van der Waals surface area contributed by atoms with Gasteiger partial charge in [-0.15, -0.1) is 0 Å². The smallest absolute Gasteiger partial charge is 0.262 e. The van der Waals surface area contributed by atoms with Crippen molar-refractivity contribution in [2.75, 3.05) is 45.2 Å². The van der Waals surface area contributed by atoms with E-state index < -0.39 is 0 Å². The number of aromatic nitrogens is 2. The van der Waals surface area contributed by atoms with E-state index in [1.165, 1.54) is 0 Å². The number of carbonyl (C=O) groups excluding carboxylic acids is 2. The van der Waals surface area contributed by atoms with Crippen molar-refractivity contribution >= 4 is 28.5 Å². The van der Waals surface area contributed by atoms with Crippen LogP contribution in [-0.4, -0.2) is 71.1 Å². The first-order chi connectivity index (χ1) is 15.9. The molecule has 1 aliphatic heterocycles. The van der Waals surface area contributed by atoms with E-state index in [4.69, 9.17) is 14.5 Å². The first-order valence-electron chi connectivity index (χ1n) is 10.9. The number of methoxy groups -OCH3 is 1. The van der Waals surface area contributed by atoms with Crippen molar-refractivity contribution in [1.82, 2.24) is 19.4 Å². The van der Waals surface area contributed by atoms with Crippen molar-refractivity contribution in [1.29, 1.82) is 0 Å². The zero-order valence-electron chi connectivity index (χ0n) is 19.6. The maximum atomic E-state index is 12.3. The largest absolute Gasteiger partial charge is 1.00 e. The standard InChI is InChI=1S/C24H29N5O4.ClH/c1-17(30)29-12-10-28(11-13-29)15-23-26-21-14-18(4-9-22(21)27(23)2)25-24(31)16-33-20-7-5-19(32-3)6-8-20;/h4-9,14H,10-13,15-16H2,1-3H3,(H,25,31);1H/p-1. The molecular weight excluding hydrogens is 458 g/mol. The molecule has 182 valence electrons. The average Bonchev–Trinajstić information content (AvgIpc) is 3.12. The predicted molar refractivity (Wildman–Crippen MR) is 125 cm³/mol. The third-order valence-electron chi connectivity index (χ3n) is 5.87. The Morgan fingerprint density at radius 2 is 1.71 bits per heavy atom. The lowest BCUT2D eigenvalue weighted by molar-refractivity contribution is -0.130. The van der Waals surface area contributed by atoms with Gasteiger partial charge in [-0.25, -0.2) is 4.98 Å². The van der Waals surface area contributed by atoms with Crippen molar-refractivity contribution in [2.24, 2.45) is 7.05 Å². The maximum absolute atomic E-state index is 12.3. The summed E-state index contributed by atoms with van der Waals surface area (Å²) in [6, 6.07) is 12.8. The summed E-state index contributed by atoms with van der Waals surface area (Å²) in [5, 5.41) is 2.87. The van der Waals surface area contributed by atoms with Gasteiger partial charge in [-0.05, 0) is 42.5 Å². The van der Waals surface area contributed by atoms with Gasteiger partial charge in [0.2, 0.25) is 5.91 Å². The fraction of sp³-hybridized carbons (Fsp3) is 0.375. The number of halogens is 1. The van der Waals surface area contributed by atoms with E-state index in [9.17, 15) is 9.59 Å². The molecule has 0 spiro atoms. The summed E-state index contributed by atoms with van der Waals surface area (Å²) in [6.07, 6.45) is 0. The SMILES string of the molecule is COc1ccc(OCC(=O)Nc2ccc3c(c2)nc(CN2CCN(C(C)=O)CC2)n3C)cc1.[Cl-]. The number of benzene rings is 2. The third-order valence-corrected chi connectivity index (χ3v) is 5.87. The Morgan fingerprint density at radius 1 is 1.03 bits per heavy atom. The van der Waals surface area contributed by atoms with Crippen molar-refractivity contribution < 1.29 is 31.5 Å². The molecule has 0 bridgehead atoms. The van der Waals surface area contributed by atoms with Crippen LogP contribution in [0.5, 0.6) is 11.5 Å². The van der Waals surface area contributed by atoms with Crippen LogP contribution in [0.1, 0.15) is 12.7 Å². The molecule has 0 aliphatic carbocycles. The minimum Gasteiger partial charge on any atom is -1.00 e. The molecular formula is C24H29ClN5O4-. The van der Waals surface area contributed by atoms with Crippen LogP contribution in [0, 0.1) is 0 Å². The Balaban J connectivity index is 0.00000324. The van der Waals surface area contributed by atoms with E-state index >= 15 is 0 Å². The summed E-state index contributed by atoms with van der Waals surface area (Å²) in [5.74, 6) is 2.16. The molecule has 9 nitrogen and oxygen atoms in total. The zero-order valence-corrected chi connectivity index (χ0v) is 20.3. The third kappa shape index (κ3) is 5.98. The number of piperazine rings is 1. The maximum Gasteiger partial charge on any atom is 0.262 e. The Labute approximate surface area is 205 Å². The molecule has 1 saturated heterocycles. The van der Waals surface area contributed by atoms with Gasteiger partial charge in [0.05, 0.1) is 24.7 Å². The minimum atomic E-state index is -0.246. The minimum absolute atomic E-state index is 0. The average molecular weight is 487 g/mol. The molecule has 4 rings (SSSR count). The monoisotopic (exact) mass is 486 g/mol. The van der Waals surface area contributed by atoms with Gasteiger partial charge in [-0.2, -0.15) is 0 Å². The van der Waals surface area contributed by atoms with Crippen LogP contribution in [0.15, 0.2) is 42.5 Å². The van der Waals surface area contributed by atoms with Crippen molar-refractivity contribution in [3.63, 3.8) is 0 Å². The molecule has 1 fully saturated rings. The Bertz CT molecular complexity index is 1140. The first kappa shape index (κ1) is 25.3. The van der Waals surface area contributed by atoms with Crippen LogP contribution in [0.3, 0.4) is 0 Å². The molecule has 1 aromatic heterocycles. The van der Waals surface area contributed by atoms with Crippen molar-refractivity contribution in [3.05, 3.63) is 48.3 Å². The lowest BCUT2D eigenvalue weighted by Crippen LogP contribution is -3.00. The molecule has 0 atom stereocenters. The Kier molecular flexibility index (Phi) is 8.36. The Morgan fingerprint density at radius 3 is 2.35 bits per heavy atom. The van der Waals surface area contributed by atoms with Crippen LogP contribution in [0.2, 0.25) is 0 Å². The zero-order chi connectivity index (χ0) is 23.4. The number of hydrogen-bond donors (Lipinski definition) is 1. The van der Waals surface area contributed by atoms with Gasteiger partial charge >= 0.3 is 0 Å². The molecule has 2 amide bonds. The second-order valence-electron chi connectivity index (χ2n) is 8.09. The van der Waals surface area contributed by atoms with Gasteiger partial charge in [0.25, 0.3) is 5.91 Å². The van der Waals surface area contributed by atoms with E-state index in [1.54, 1.807) is 38.3 Å². The van der Waals surface area contributed by atoms with Gasteiger partial charge in [-0.3, -0.25) is 14.5 Å². The molecule has 10 heteroatoms. The Hall–Kier alpha value is -3.30. The molecule has 2 heterocycles. The number of imidazole rings is 1. The molecule has 1 N–H and O–H groups in total. The van der Waals surface area contributed by atoms with Crippen molar-refractivity contribution in [3.8, 4) is 11.5 Å². The molecule has 0 radical (unpaired) electrons. The number of aryl methyl sites for hydroxylation is 1. The highest BCUT2D eigenvalue weighted by molar-refractivity contribution is 5.94. The quantitative estimate of drug-likeness (QED) is 0.473. The highest BCUT2D eigenvalue weighted by atomic mass is 35.5. The summed E-state index contributed by atoms with van der Waals surface area (Å²) >= 11 is 0. The normalized spacial score (nSPS) is 13.9. The van der Waals surface area contributed by atoms with Crippen LogP contribution < -0.4 is 27.2 Å². The van der Waals surface area contributed by atoms with Gasteiger partial charge in [0.15, 0.2) is 6.61 Å². The summed E-state index contributed by atoms with van der Waals surface area (Å²) < 4.78 is 12.7. The summed E-state index contributed by atoms with van der Waals surface area (Å²) in [7, 11) is 3.60.